The molecule has 21 heavy (non-hydrogen) atoms. The fourth-order valence-electron chi connectivity index (χ4n) is 1.32. The minimum absolute atomic E-state index is 0.00415. The van der Waals surface area contributed by atoms with Crippen LogP contribution in [0, 0.1) is 5.21 Å². The first kappa shape index (κ1) is 19.8. The Labute approximate surface area is 126 Å². The molecule has 1 amide bonds. The van der Waals surface area contributed by atoms with Crippen molar-refractivity contribution in [2.75, 3.05) is 12.4 Å². The summed E-state index contributed by atoms with van der Waals surface area (Å²) in [5, 5.41) is 19.8. The van der Waals surface area contributed by atoms with Crippen LogP contribution in [0.1, 0.15) is 27.2 Å². The van der Waals surface area contributed by atoms with Crippen molar-refractivity contribution < 1.29 is 29.2 Å². The lowest BCUT2D eigenvalue weighted by Crippen LogP contribution is -2.43. The van der Waals surface area contributed by atoms with Gasteiger partial charge in [-0.1, -0.05) is 11.8 Å². The standard InChI is InChI=1S/C11H19N2O7S/c1-4-19-11(16)9(12-8(3)14)6-21-10(15)5-7(2)20-13(17)18/h7,9,17H,4-6H2,1-3H3,(H,12,14)/q-1. The second-order valence-electron chi connectivity index (χ2n) is 4.05. The minimum atomic E-state index is -0.929. The Hall–Kier alpha value is -1.20. The number of hydrogen-bond acceptors (Lipinski definition) is 9. The Kier molecular flexibility index (Phi) is 9.91. The van der Waals surface area contributed by atoms with E-state index < -0.39 is 29.4 Å². The Morgan fingerprint density at radius 1 is 1.43 bits per heavy atom. The molecule has 0 aliphatic carbocycles. The normalized spacial score (nSPS) is 13.6. The fraction of sp³-hybridized carbons (Fsp3) is 0.727. The Bertz CT molecular complexity index is 364. The fourth-order valence-corrected chi connectivity index (χ4v) is 2.24. The third kappa shape index (κ3) is 10.2. The molecule has 0 bridgehead atoms. The summed E-state index contributed by atoms with van der Waals surface area (Å²) in [5.41, 5.74) is 0. The summed E-state index contributed by atoms with van der Waals surface area (Å²) in [6, 6.07) is -0.929. The number of thioether (sulfide) groups is 1. The molecule has 122 valence electrons. The topological polar surface area (TPSA) is 128 Å². The predicted molar refractivity (Wildman–Crippen MR) is 73.9 cm³/mol. The number of amides is 1. The second-order valence-corrected chi connectivity index (χ2v) is 5.12. The lowest BCUT2D eigenvalue weighted by Gasteiger charge is -2.22. The first-order valence-electron chi connectivity index (χ1n) is 6.18. The van der Waals surface area contributed by atoms with Gasteiger partial charge in [-0.15, -0.1) is 5.39 Å². The van der Waals surface area contributed by atoms with Gasteiger partial charge in [0.1, 0.15) is 6.04 Å². The zero-order valence-electron chi connectivity index (χ0n) is 12.0. The smallest absolute Gasteiger partial charge is 0.329 e. The van der Waals surface area contributed by atoms with Crippen LogP contribution < -0.4 is 5.32 Å². The Morgan fingerprint density at radius 2 is 2.05 bits per heavy atom. The monoisotopic (exact) mass is 323 g/mol. The molecule has 0 aromatic rings. The largest absolute Gasteiger partial charge is 0.738 e. The molecule has 0 aromatic heterocycles. The highest BCUT2D eigenvalue weighted by molar-refractivity contribution is 8.13. The number of nitrogens with one attached hydrogen (secondary N) is 1. The molecule has 0 fully saturated rings. The third-order valence-corrected chi connectivity index (χ3v) is 3.07. The van der Waals surface area contributed by atoms with Crippen LogP contribution >= 0.6 is 11.8 Å². The molecule has 0 aliphatic rings. The van der Waals surface area contributed by atoms with Gasteiger partial charge in [-0.05, 0) is 13.8 Å². The van der Waals surface area contributed by atoms with Crippen molar-refractivity contribution in [2.45, 2.75) is 39.3 Å². The van der Waals surface area contributed by atoms with Gasteiger partial charge in [0.05, 0.1) is 12.7 Å². The van der Waals surface area contributed by atoms with Crippen LogP contribution in [0.2, 0.25) is 0 Å². The lowest BCUT2D eigenvalue weighted by atomic mass is 10.3. The summed E-state index contributed by atoms with van der Waals surface area (Å²) >= 11 is 0.799. The molecule has 2 atom stereocenters. The number of carbonyl (C=O) groups excluding carboxylic acids is 3. The van der Waals surface area contributed by atoms with Crippen molar-refractivity contribution in [1.82, 2.24) is 10.7 Å². The molecule has 0 spiro atoms. The van der Waals surface area contributed by atoms with E-state index in [0.717, 1.165) is 11.8 Å². The van der Waals surface area contributed by atoms with Crippen LogP contribution in [0.3, 0.4) is 0 Å². The molecular formula is C11H19N2O7S-. The molecular weight excluding hydrogens is 304 g/mol. The maximum atomic E-state index is 11.6. The van der Waals surface area contributed by atoms with Crippen molar-refractivity contribution in [2.24, 2.45) is 0 Å². The average Bonchev–Trinajstić information content (AvgIpc) is 2.32. The van der Waals surface area contributed by atoms with E-state index in [9.17, 15) is 19.6 Å². The zero-order valence-corrected chi connectivity index (χ0v) is 12.8. The number of ether oxygens (including phenoxy) is 1. The number of esters is 1. The highest BCUT2D eigenvalue weighted by Gasteiger charge is 2.22. The van der Waals surface area contributed by atoms with Gasteiger partial charge in [0.15, 0.2) is 5.12 Å². The van der Waals surface area contributed by atoms with Crippen molar-refractivity contribution >= 4 is 28.8 Å². The van der Waals surface area contributed by atoms with E-state index in [0.29, 0.717) is 0 Å². The highest BCUT2D eigenvalue weighted by atomic mass is 32.2. The maximum absolute atomic E-state index is 11.6. The summed E-state index contributed by atoms with van der Waals surface area (Å²) in [6.45, 7) is 4.47. The number of nitrogens with zero attached hydrogens (tertiary/aromatic N) is 1. The quantitative estimate of drug-likeness (QED) is 0.452. The summed E-state index contributed by atoms with van der Waals surface area (Å²) in [4.78, 5) is 38.5. The molecule has 0 heterocycles. The van der Waals surface area contributed by atoms with E-state index in [2.05, 4.69) is 10.2 Å². The van der Waals surface area contributed by atoms with Crippen molar-refractivity contribution in [3.63, 3.8) is 0 Å². The molecule has 0 saturated carbocycles. The van der Waals surface area contributed by atoms with E-state index in [1.54, 1.807) is 6.92 Å². The number of rotatable bonds is 9. The van der Waals surface area contributed by atoms with E-state index in [4.69, 9.17) is 9.94 Å². The summed E-state index contributed by atoms with van der Waals surface area (Å²) < 4.78 is 4.79. The van der Waals surface area contributed by atoms with Crippen molar-refractivity contribution in [3.8, 4) is 0 Å². The predicted octanol–water partition coefficient (Wildman–Crippen LogP) is 0.213. The van der Waals surface area contributed by atoms with Crippen LogP contribution in [0.15, 0.2) is 0 Å². The van der Waals surface area contributed by atoms with Gasteiger partial charge in [0, 0.05) is 19.1 Å². The van der Waals surface area contributed by atoms with Gasteiger partial charge >= 0.3 is 5.97 Å². The molecule has 2 unspecified atom stereocenters. The highest BCUT2D eigenvalue weighted by Crippen LogP contribution is 2.12. The van der Waals surface area contributed by atoms with Gasteiger partial charge in [0.2, 0.25) is 5.91 Å². The molecule has 0 saturated heterocycles. The summed E-state index contributed by atoms with van der Waals surface area (Å²) in [5.74, 6) is -1.04. The van der Waals surface area contributed by atoms with Crippen molar-refractivity contribution in [3.05, 3.63) is 5.21 Å². The van der Waals surface area contributed by atoms with E-state index in [1.807, 2.05) is 0 Å². The van der Waals surface area contributed by atoms with Gasteiger partial charge in [-0.25, -0.2) is 4.79 Å². The number of carbonyl (C=O) groups is 3. The molecule has 0 aromatic carbocycles. The SMILES string of the molecule is CCOC(=O)C(CSC(=O)CC(C)ON([O-])O)NC(C)=O. The van der Waals surface area contributed by atoms with E-state index in [-0.39, 0.29) is 23.9 Å². The minimum Gasteiger partial charge on any atom is -0.738 e. The maximum Gasteiger partial charge on any atom is 0.329 e. The molecule has 0 radical (unpaired) electrons. The molecule has 9 nitrogen and oxygen atoms in total. The average molecular weight is 323 g/mol. The third-order valence-electron chi connectivity index (χ3n) is 2.08. The first-order valence-corrected chi connectivity index (χ1v) is 7.17. The molecule has 0 rings (SSSR count). The summed E-state index contributed by atoms with van der Waals surface area (Å²) in [7, 11) is 0. The van der Waals surface area contributed by atoms with Crippen LogP contribution in [0.5, 0.6) is 0 Å². The molecule has 0 aliphatic heterocycles. The number of hydrogen-bond donors (Lipinski definition) is 2. The van der Waals surface area contributed by atoms with Crippen LogP contribution in [-0.2, 0) is 24.0 Å². The van der Waals surface area contributed by atoms with Crippen molar-refractivity contribution in [1.29, 1.82) is 0 Å². The van der Waals surface area contributed by atoms with Gasteiger partial charge < -0.3 is 20.5 Å². The van der Waals surface area contributed by atoms with Gasteiger partial charge in [0.25, 0.3) is 0 Å². The van der Waals surface area contributed by atoms with E-state index >= 15 is 0 Å². The van der Waals surface area contributed by atoms with Gasteiger partial charge in [-0.2, -0.15) is 0 Å². The van der Waals surface area contributed by atoms with Crippen LogP contribution in [-0.4, -0.2) is 52.1 Å². The van der Waals surface area contributed by atoms with Gasteiger partial charge in [-0.3, -0.25) is 14.4 Å². The Morgan fingerprint density at radius 3 is 2.52 bits per heavy atom. The first-order chi connectivity index (χ1) is 9.76. The van der Waals surface area contributed by atoms with Crippen LogP contribution in [0.4, 0.5) is 0 Å². The summed E-state index contributed by atoms with van der Waals surface area (Å²) in [6.07, 6.45) is -0.950. The second kappa shape index (κ2) is 10.5. The zero-order chi connectivity index (χ0) is 16.4. The van der Waals surface area contributed by atoms with Crippen LogP contribution in [0.25, 0.3) is 0 Å². The molecule has 2 N–H and O–H groups in total. The Balaban J connectivity index is 4.30. The van der Waals surface area contributed by atoms with E-state index in [1.165, 1.54) is 13.8 Å². The lowest BCUT2D eigenvalue weighted by molar-refractivity contribution is -0.324. The molecule has 10 heteroatoms.